The number of hydrogen-bond acceptors (Lipinski definition) is 1. The van der Waals surface area contributed by atoms with E-state index in [0.717, 1.165) is 0 Å². The predicted octanol–water partition coefficient (Wildman–Crippen LogP) is 1.48. The number of alkyl halides is 2. The molecule has 0 aromatic carbocycles. The van der Waals surface area contributed by atoms with E-state index in [0.29, 0.717) is 0 Å². The minimum absolute atomic E-state index is 0.467. The maximum Gasteiger partial charge on any atom is 0.354 e. The van der Waals surface area contributed by atoms with Gasteiger partial charge in [0.2, 0.25) is 0 Å². The third-order valence-corrected chi connectivity index (χ3v) is 2.46. The highest BCUT2D eigenvalue weighted by atomic mass is 35.5. The molecule has 0 amide bonds. The van der Waals surface area contributed by atoms with E-state index in [1.54, 1.807) is 0 Å². The highest BCUT2D eigenvalue weighted by Crippen LogP contribution is 2.47. The van der Waals surface area contributed by atoms with E-state index in [9.17, 15) is 4.57 Å². The van der Waals surface area contributed by atoms with Gasteiger partial charge in [-0.15, -0.1) is 0 Å². The van der Waals surface area contributed by atoms with Gasteiger partial charge in [0, 0.05) is 0 Å². The Hall–Kier alpha value is 0.470. The lowest BCUT2D eigenvalue weighted by Gasteiger charge is -2.06. The van der Waals surface area contributed by atoms with Crippen LogP contribution in [0.4, 0.5) is 0 Å². The van der Waals surface area contributed by atoms with Crippen LogP contribution in [0, 0.1) is 0 Å². The summed E-state index contributed by atoms with van der Waals surface area (Å²) in [5, 5.41) is -0.467. The maximum atomic E-state index is 10.2. The van der Waals surface area contributed by atoms with Crippen molar-refractivity contribution < 1.29 is 14.4 Å². The first-order valence-electron chi connectivity index (χ1n) is 1.88. The molecule has 0 bridgehead atoms. The van der Waals surface area contributed by atoms with Crippen molar-refractivity contribution in [3.8, 4) is 0 Å². The lowest BCUT2D eigenvalue weighted by molar-refractivity contribution is 0.382. The third-order valence-electron chi connectivity index (χ3n) is 0.626. The van der Waals surface area contributed by atoms with E-state index in [4.69, 9.17) is 33.0 Å². The molecule has 0 aromatic rings. The van der Waals surface area contributed by atoms with E-state index in [1.807, 2.05) is 0 Å². The zero-order chi connectivity index (χ0) is 7.65. The summed E-state index contributed by atoms with van der Waals surface area (Å²) in [6.07, 6.45) is 0. The lowest BCUT2D eigenvalue weighted by Crippen LogP contribution is -1.92. The summed E-state index contributed by atoms with van der Waals surface area (Å²) in [7, 11) is -4.27. The van der Waals surface area contributed by atoms with Crippen molar-refractivity contribution in [2.24, 2.45) is 0 Å². The van der Waals surface area contributed by atoms with Crippen LogP contribution >= 0.6 is 30.8 Å². The Kier molecular flexibility index (Phi) is 3.20. The number of allylic oxidation sites excluding steroid dienone is 1. The third kappa shape index (κ3) is 3.23. The second-order valence-electron chi connectivity index (χ2n) is 1.34. The Morgan fingerprint density at radius 1 is 1.56 bits per heavy atom. The average Bonchev–Trinajstić information content (AvgIpc) is 1.62. The minimum atomic E-state index is -4.27. The highest BCUT2D eigenvalue weighted by Gasteiger charge is 2.23. The van der Waals surface area contributed by atoms with Gasteiger partial charge in [0.15, 0.2) is 0 Å². The summed E-state index contributed by atoms with van der Waals surface area (Å²) >= 11 is 10.2. The fraction of sp³-hybridized carbons (Fsp3) is 0.333. The summed E-state index contributed by atoms with van der Waals surface area (Å²) in [4.78, 5) is 15.4. The quantitative estimate of drug-likeness (QED) is 0.513. The topological polar surface area (TPSA) is 57.5 Å². The van der Waals surface area contributed by atoms with E-state index < -0.39 is 17.7 Å². The first kappa shape index (κ1) is 9.47. The van der Waals surface area contributed by atoms with Crippen LogP contribution in [0.5, 0.6) is 0 Å². The van der Waals surface area contributed by atoms with Crippen molar-refractivity contribution in [3.63, 3.8) is 0 Å². The molecule has 0 aromatic heterocycles. The van der Waals surface area contributed by atoms with Gasteiger partial charge in [0.25, 0.3) is 0 Å². The van der Waals surface area contributed by atoms with Gasteiger partial charge in [-0.1, -0.05) is 29.8 Å². The van der Waals surface area contributed by atoms with Crippen molar-refractivity contribution >= 4 is 30.8 Å². The molecular formula is C3H5Cl2O3P. The Morgan fingerprint density at radius 3 is 1.89 bits per heavy atom. The normalized spacial score (nSPS) is 12.1. The molecule has 0 saturated carbocycles. The molecule has 54 valence electrons. The van der Waals surface area contributed by atoms with Crippen LogP contribution in [-0.4, -0.2) is 14.6 Å². The number of halogens is 2. The van der Waals surface area contributed by atoms with Crippen LogP contribution in [-0.2, 0) is 4.57 Å². The Bertz CT molecular complexity index is 160. The maximum absolute atomic E-state index is 10.2. The smallest absolute Gasteiger partial charge is 0.321 e. The van der Waals surface area contributed by atoms with Crippen molar-refractivity contribution in [1.82, 2.24) is 0 Å². The molecule has 0 aliphatic rings. The largest absolute Gasteiger partial charge is 0.354 e. The van der Waals surface area contributed by atoms with Gasteiger partial charge in [-0.25, -0.2) is 0 Å². The molecule has 6 heteroatoms. The molecule has 0 aliphatic heterocycles. The van der Waals surface area contributed by atoms with Crippen molar-refractivity contribution in [1.29, 1.82) is 0 Å². The van der Waals surface area contributed by atoms with Crippen LogP contribution in [0.1, 0.15) is 0 Å². The van der Waals surface area contributed by atoms with Gasteiger partial charge in [0.05, 0.1) is 5.31 Å². The van der Waals surface area contributed by atoms with Gasteiger partial charge in [-0.2, -0.15) is 0 Å². The Labute approximate surface area is 62.4 Å². The van der Waals surface area contributed by atoms with Gasteiger partial charge in [-0.3, -0.25) is 4.57 Å². The molecule has 0 atom stereocenters. The van der Waals surface area contributed by atoms with E-state index in [1.165, 1.54) is 0 Å². The second-order valence-corrected chi connectivity index (χ2v) is 4.09. The van der Waals surface area contributed by atoms with E-state index >= 15 is 0 Å². The van der Waals surface area contributed by atoms with Crippen molar-refractivity contribution in [3.05, 3.63) is 11.9 Å². The summed E-state index contributed by atoms with van der Waals surface area (Å²) < 4.78 is 10.2. The molecule has 0 unspecified atom stereocenters. The van der Waals surface area contributed by atoms with Crippen LogP contribution in [0.3, 0.4) is 0 Å². The van der Waals surface area contributed by atoms with Crippen LogP contribution in [0.25, 0.3) is 0 Å². The molecular weight excluding hydrogens is 186 g/mol. The molecule has 0 rings (SSSR count). The van der Waals surface area contributed by atoms with Gasteiger partial charge in [-0.05, 0) is 0 Å². The number of rotatable bonds is 2. The molecule has 0 spiro atoms. The lowest BCUT2D eigenvalue weighted by atomic mass is 10.7. The average molecular weight is 191 g/mol. The first-order valence-corrected chi connectivity index (χ1v) is 4.37. The second kappa shape index (κ2) is 3.04. The molecule has 2 N–H and O–H groups in total. The summed E-state index contributed by atoms with van der Waals surface area (Å²) in [6.45, 7) is 3.00. The van der Waals surface area contributed by atoms with Crippen molar-refractivity contribution in [2.45, 2.75) is 4.84 Å². The zero-order valence-electron chi connectivity index (χ0n) is 4.29. The van der Waals surface area contributed by atoms with Gasteiger partial charge < -0.3 is 9.79 Å². The molecule has 0 aliphatic carbocycles. The van der Waals surface area contributed by atoms with E-state index in [-0.39, 0.29) is 0 Å². The Morgan fingerprint density at radius 2 is 1.89 bits per heavy atom. The standard InChI is InChI=1S/C3H5Cl2O3P/c1-2(3(4)5)9(6,7)8/h3H,1H2,(H2,6,7,8). The molecule has 0 saturated heterocycles. The summed E-state index contributed by atoms with van der Waals surface area (Å²) in [5.41, 5.74) is 0. The van der Waals surface area contributed by atoms with Gasteiger partial charge >= 0.3 is 7.60 Å². The van der Waals surface area contributed by atoms with E-state index in [2.05, 4.69) is 6.58 Å². The van der Waals surface area contributed by atoms with Crippen molar-refractivity contribution in [2.75, 3.05) is 0 Å². The predicted molar refractivity (Wildman–Crippen MR) is 36.7 cm³/mol. The van der Waals surface area contributed by atoms with Gasteiger partial charge in [0.1, 0.15) is 4.84 Å². The zero-order valence-corrected chi connectivity index (χ0v) is 6.70. The molecule has 3 nitrogen and oxygen atoms in total. The highest BCUT2D eigenvalue weighted by molar-refractivity contribution is 7.56. The fourth-order valence-corrected chi connectivity index (χ4v) is 1.14. The first-order chi connectivity index (χ1) is 3.85. The fourth-order valence-electron chi connectivity index (χ4n) is 0.127. The van der Waals surface area contributed by atoms with Crippen LogP contribution in [0.2, 0.25) is 0 Å². The summed E-state index contributed by atoms with van der Waals surface area (Å²) in [5.74, 6) is 0. The molecule has 0 fully saturated rings. The Balaban J connectivity index is 4.24. The van der Waals surface area contributed by atoms with Crippen LogP contribution < -0.4 is 0 Å². The summed E-state index contributed by atoms with van der Waals surface area (Å²) in [6, 6.07) is 0. The monoisotopic (exact) mass is 190 g/mol. The minimum Gasteiger partial charge on any atom is -0.321 e. The van der Waals surface area contributed by atoms with Crippen LogP contribution in [0.15, 0.2) is 11.9 Å². The molecule has 0 radical (unpaired) electrons. The molecule has 0 heterocycles. The number of hydrogen-bond donors (Lipinski definition) is 2. The SMILES string of the molecule is C=C(C(Cl)Cl)P(=O)(O)O. The molecule has 9 heavy (non-hydrogen) atoms.